The number of carboxylic acid groups (broad SMARTS) is 1. The van der Waals surface area contributed by atoms with Crippen molar-refractivity contribution in [3.8, 4) is 0 Å². The molecular formula is C32H40O7. The molecule has 0 aromatic carbocycles. The van der Waals surface area contributed by atoms with Gasteiger partial charge in [-0.2, -0.15) is 0 Å². The summed E-state index contributed by atoms with van der Waals surface area (Å²) in [4.78, 5) is 39.2. The van der Waals surface area contributed by atoms with Gasteiger partial charge in [0.15, 0.2) is 0 Å². The Morgan fingerprint density at radius 2 is 1.67 bits per heavy atom. The zero-order valence-electron chi connectivity index (χ0n) is 23.1. The largest absolute Gasteiger partial charge is 0.478 e. The van der Waals surface area contributed by atoms with Crippen LogP contribution in [0.3, 0.4) is 0 Å². The van der Waals surface area contributed by atoms with E-state index < -0.39 is 51.4 Å². The summed E-state index contributed by atoms with van der Waals surface area (Å²) >= 11 is 0. The van der Waals surface area contributed by atoms with Crippen molar-refractivity contribution < 1.29 is 34.4 Å². The van der Waals surface area contributed by atoms with Crippen molar-refractivity contribution in [2.24, 2.45) is 40.4 Å². The second-order valence-corrected chi connectivity index (χ2v) is 13.8. The lowest BCUT2D eigenvalue weighted by Crippen LogP contribution is -2.65. The van der Waals surface area contributed by atoms with Gasteiger partial charge in [0.1, 0.15) is 17.0 Å². The van der Waals surface area contributed by atoms with Crippen LogP contribution in [0.5, 0.6) is 0 Å². The van der Waals surface area contributed by atoms with Crippen LogP contribution in [0.15, 0.2) is 48.6 Å². The minimum atomic E-state index is -1.79. The summed E-state index contributed by atoms with van der Waals surface area (Å²) < 4.78 is 6.19. The van der Waals surface area contributed by atoms with Crippen molar-refractivity contribution >= 4 is 17.7 Å². The molecule has 4 unspecified atom stereocenters. The zero-order valence-corrected chi connectivity index (χ0v) is 23.1. The zero-order chi connectivity index (χ0) is 28.5. The maximum atomic E-state index is 14.3. The molecule has 1 heterocycles. The van der Waals surface area contributed by atoms with Crippen molar-refractivity contribution in [3.63, 3.8) is 0 Å². The van der Waals surface area contributed by atoms with Crippen molar-refractivity contribution in [3.05, 3.63) is 48.6 Å². The number of carbonyl (C=O) groups is 3. The Morgan fingerprint density at radius 1 is 1.00 bits per heavy atom. The smallest absolute Gasteiger partial charge is 0.334 e. The number of fused-ring (bicyclic) bond motifs is 8. The highest BCUT2D eigenvalue weighted by Gasteiger charge is 2.84. The second-order valence-electron chi connectivity index (χ2n) is 13.8. The van der Waals surface area contributed by atoms with Crippen LogP contribution in [0.2, 0.25) is 0 Å². The van der Waals surface area contributed by atoms with Crippen LogP contribution in [0, 0.1) is 40.4 Å². The van der Waals surface area contributed by atoms with Crippen LogP contribution < -0.4 is 0 Å². The molecule has 210 valence electrons. The van der Waals surface area contributed by atoms with Gasteiger partial charge in [-0.1, -0.05) is 44.4 Å². The Balaban J connectivity index is 1.51. The van der Waals surface area contributed by atoms with Crippen LogP contribution in [-0.2, 0) is 19.1 Å². The topological polar surface area (TPSA) is 121 Å². The SMILES string of the molecule is C=C1CC[C@@H](C(=C)C(=O)O)CC2C1C[C@@]1(O)[C@]2(O)CC[C@]12C(=O)CC1C(=C)CC[C@@]3(C)C(=C)C(=O)O[C@]3(C)C12. The van der Waals surface area contributed by atoms with Crippen LogP contribution in [0.4, 0.5) is 0 Å². The molecule has 10 atom stereocenters. The van der Waals surface area contributed by atoms with Gasteiger partial charge in [-0.15, -0.1) is 0 Å². The van der Waals surface area contributed by atoms with Gasteiger partial charge in [0, 0.05) is 28.9 Å². The quantitative estimate of drug-likeness (QED) is 0.273. The normalized spacial score (nSPS) is 50.7. The number of Topliss-reactive ketones (excluding diaryl/α,β-unsaturated/α-hetero) is 1. The molecule has 0 aromatic heterocycles. The molecule has 0 bridgehead atoms. The lowest BCUT2D eigenvalue weighted by molar-refractivity contribution is -0.215. The predicted molar refractivity (Wildman–Crippen MR) is 143 cm³/mol. The number of rotatable bonds is 2. The van der Waals surface area contributed by atoms with Crippen LogP contribution in [0.25, 0.3) is 0 Å². The molecule has 0 aromatic rings. The Morgan fingerprint density at radius 3 is 2.33 bits per heavy atom. The van der Waals surface area contributed by atoms with E-state index in [0.29, 0.717) is 37.7 Å². The fourth-order valence-corrected chi connectivity index (χ4v) is 10.4. The number of aliphatic carboxylic acids is 1. The van der Waals surface area contributed by atoms with E-state index in [0.717, 1.165) is 11.1 Å². The van der Waals surface area contributed by atoms with Crippen LogP contribution in [-0.4, -0.2) is 49.8 Å². The van der Waals surface area contributed by atoms with Crippen molar-refractivity contribution in [1.29, 1.82) is 0 Å². The molecule has 1 saturated heterocycles. The Kier molecular flexibility index (Phi) is 5.35. The van der Waals surface area contributed by atoms with E-state index in [-0.39, 0.29) is 54.8 Å². The predicted octanol–water partition coefficient (Wildman–Crippen LogP) is 4.30. The number of hydrogen-bond donors (Lipinski definition) is 3. The first-order chi connectivity index (χ1) is 18.1. The molecule has 5 aliphatic carbocycles. The number of ether oxygens (including phenoxy) is 1. The molecule has 1 spiro atoms. The van der Waals surface area contributed by atoms with E-state index >= 15 is 0 Å². The third-order valence-corrected chi connectivity index (χ3v) is 12.8. The summed E-state index contributed by atoms with van der Waals surface area (Å²) in [6.07, 6.45) is 3.56. The summed E-state index contributed by atoms with van der Waals surface area (Å²) in [5.74, 6) is -3.58. The molecule has 3 N–H and O–H groups in total. The minimum absolute atomic E-state index is 0.104. The maximum absolute atomic E-state index is 14.3. The average Bonchev–Trinajstić information content (AvgIpc) is 3.38. The lowest BCUT2D eigenvalue weighted by atomic mass is 9.53. The molecule has 39 heavy (non-hydrogen) atoms. The highest BCUT2D eigenvalue weighted by atomic mass is 16.6. The highest BCUT2D eigenvalue weighted by Crippen LogP contribution is 2.76. The molecule has 7 heteroatoms. The van der Waals surface area contributed by atoms with E-state index in [1.165, 1.54) is 0 Å². The summed E-state index contributed by atoms with van der Waals surface area (Å²) in [5.41, 5.74) is -4.33. The van der Waals surface area contributed by atoms with Crippen molar-refractivity contribution in [2.75, 3.05) is 0 Å². The number of ketones is 1. The standard InChI is InChI=1S/C32H40O7/c1-16-7-8-20(18(3)26(34)35)13-23-22(16)15-32(38)30(11-12-31(23,32)37)24(33)14-21-17(2)9-10-28(5)19(4)27(36)39-29(28,6)25(21)30/h20-23,25,37-38H,1-4,7-15H2,5-6H3,(H,34,35)/t20-,21?,22?,23?,25?,28+,29-,30-,31+,32+/m1/s1. The fourth-order valence-electron chi connectivity index (χ4n) is 10.4. The second kappa shape index (κ2) is 7.82. The summed E-state index contributed by atoms with van der Waals surface area (Å²) in [5, 5.41) is 35.1. The molecular weight excluding hydrogens is 496 g/mol. The fraction of sp³-hybridized carbons (Fsp3) is 0.656. The third-order valence-electron chi connectivity index (χ3n) is 12.8. The Bertz CT molecular complexity index is 1280. The molecule has 0 amide bonds. The van der Waals surface area contributed by atoms with Gasteiger partial charge in [-0.3, -0.25) is 4.79 Å². The van der Waals surface area contributed by atoms with Gasteiger partial charge < -0.3 is 20.1 Å². The third kappa shape index (κ3) is 2.84. The van der Waals surface area contributed by atoms with E-state index in [9.17, 15) is 29.7 Å². The molecule has 1 aliphatic heterocycles. The van der Waals surface area contributed by atoms with Crippen molar-refractivity contribution in [2.45, 2.75) is 88.4 Å². The van der Waals surface area contributed by atoms with Crippen LogP contribution >= 0.6 is 0 Å². The molecule has 6 rings (SSSR count). The van der Waals surface area contributed by atoms with Gasteiger partial charge in [0.2, 0.25) is 0 Å². The van der Waals surface area contributed by atoms with Crippen LogP contribution in [0.1, 0.15) is 71.6 Å². The average molecular weight is 537 g/mol. The minimum Gasteiger partial charge on any atom is -0.478 e. The number of carbonyl (C=O) groups excluding carboxylic acids is 2. The molecule has 6 aliphatic rings. The monoisotopic (exact) mass is 536 g/mol. The lowest BCUT2D eigenvalue weighted by Gasteiger charge is -2.53. The first-order valence-corrected chi connectivity index (χ1v) is 14.3. The Labute approximate surface area is 229 Å². The van der Waals surface area contributed by atoms with E-state index in [4.69, 9.17) is 4.74 Å². The number of carboxylic acids is 1. The highest BCUT2D eigenvalue weighted by molar-refractivity contribution is 5.95. The van der Waals surface area contributed by atoms with Gasteiger partial charge in [-0.25, -0.2) is 9.59 Å². The van der Waals surface area contributed by atoms with Crippen molar-refractivity contribution in [1.82, 2.24) is 0 Å². The van der Waals surface area contributed by atoms with Gasteiger partial charge in [-0.05, 0) is 82.0 Å². The first-order valence-electron chi connectivity index (χ1n) is 14.3. The maximum Gasteiger partial charge on any atom is 0.334 e. The van der Waals surface area contributed by atoms with Gasteiger partial charge in [0.25, 0.3) is 0 Å². The summed E-state index contributed by atoms with van der Waals surface area (Å²) in [7, 11) is 0. The summed E-state index contributed by atoms with van der Waals surface area (Å²) in [6, 6.07) is 0. The number of aliphatic hydroxyl groups is 2. The van der Waals surface area contributed by atoms with E-state index in [1.54, 1.807) is 0 Å². The molecule has 0 radical (unpaired) electrons. The first kappa shape index (κ1) is 26.7. The van der Waals surface area contributed by atoms with Gasteiger partial charge in [0.05, 0.1) is 11.0 Å². The van der Waals surface area contributed by atoms with E-state index in [1.807, 2.05) is 13.8 Å². The van der Waals surface area contributed by atoms with Gasteiger partial charge >= 0.3 is 11.9 Å². The number of hydrogen-bond acceptors (Lipinski definition) is 6. The van der Waals surface area contributed by atoms with E-state index in [2.05, 4.69) is 26.3 Å². The molecule has 7 nitrogen and oxygen atoms in total. The molecule has 5 saturated carbocycles. The summed E-state index contributed by atoms with van der Waals surface area (Å²) in [6.45, 7) is 20.4. The number of esters is 1. The molecule has 6 fully saturated rings. The number of allylic oxidation sites excluding steroid dienone is 2. The Hall–Kier alpha value is -2.51.